The molecule has 0 amide bonds. The molecule has 0 aromatic heterocycles. The van der Waals surface area contributed by atoms with Crippen LogP contribution in [0.3, 0.4) is 0 Å². The summed E-state index contributed by atoms with van der Waals surface area (Å²) in [4.78, 5) is 49.3. The topological polar surface area (TPSA) is 86.7 Å². The smallest absolute Gasteiger partial charge is 0.338 e. The summed E-state index contributed by atoms with van der Waals surface area (Å²) >= 11 is 0. The van der Waals surface area contributed by atoms with Gasteiger partial charge in [0.2, 0.25) is 0 Å². The third-order valence-electron chi connectivity index (χ3n) is 4.04. The second-order valence-electron chi connectivity index (χ2n) is 5.62. The number of rotatable bonds is 4. The molecule has 3 rings (SSSR count). The molecule has 0 radical (unpaired) electrons. The van der Waals surface area contributed by atoms with E-state index in [2.05, 4.69) is 0 Å². The van der Waals surface area contributed by atoms with Crippen molar-refractivity contribution in [2.24, 2.45) is 0 Å². The van der Waals surface area contributed by atoms with Crippen molar-refractivity contribution in [1.29, 1.82) is 0 Å². The number of esters is 2. The number of carbonyl (C=O) groups excluding carboxylic acids is 4. The Labute approximate surface area is 149 Å². The SMILES string of the molecule is CCOC(=O)c1ccc2c(c1)C(=O)c1ccc(C(=O)OCC)cc1C2=O. The Hall–Kier alpha value is -3.28. The fourth-order valence-corrected chi connectivity index (χ4v) is 2.83. The van der Waals surface area contributed by atoms with Crippen molar-refractivity contribution < 1.29 is 28.7 Å². The van der Waals surface area contributed by atoms with Crippen molar-refractivity contribution in [3.8, 4) is 0 Å². The van der Waals surface area contributed by atoms with Gasteiger partial charge in [0.15, 0.2) is 11.6 Å². The van der Waals surface area contributed by atoms with E-state index < -0.39 is 11.9 Å². The lowest BCUT2D eigenvalue weighted by Gasteiger charge is -2.18. The Balaban J connectivity index is 2.05. The summed E-state index contributed by atoms with van der Waals surface area (Å²) in [5, 5.41) is 0. The molecule has 2 aromatic carbocycles. The van der Waals surface area contributed by atoms with Gasteiger partial charge in [-0.2, -0.15) is 0 Å². The summed E-state index contributed by atoms with van der Waals surface area (Å²) in [6.07, 6.45) is 0. The third-order valence-corrected chi connectivity index (χ3v) is 4.04. The van der Waals surface area contributed by atoms with Gasteiger partial charge in [0, 0.05) is 22.3 Å². The van der Waals surface area contributed by atoms with Gasteiger partial charge >= 0.3 is 11.9 Å². The molecule has 0 atom stereocenters. The van der Waals surface area contributed by atoms with Crippen molar-refractivity contribution in [2.75, 3.05) is 13.2 Å². The first-order valence-corrected chi connectivity index (χ1v) is 8.19. The lowest BCUT2D eigenvalue weighted by atomic mass is 9.82. The fourth-order valence-electron chi connectivity index (χ4n) is 2.83. The number of ether oxygens (including phenoxy) is 2. The van der Waals surface area contributed by atoms with Crippen LogP contribution in [-0.2, 0) is 9.47 Å². The summed E-state index contributed by atoms with van der Waals surface area (Å²) in [5.74, 6) is -1.87. The predicted molar refractivity (Wildman–Crippen MR) is 91.7 cm³/mol. The van der Waals surface area contributed by atoms with Gasteiger partial charge < -0.3 is 9.47 Å². The molecule has 1 aliphatic carbocycles. The highest BCUT2D eigenvalue weighted by molar-refractivity contribution is 6.29. The quantitative estimate of drug-likeness (QED) is 0.671. The van der Waals surface area contributed by atoms with Gasteiger partial charge in [0.05, 0.1) is 24.3 Å². The molecule has 0 aliphatic heterocycles. The standard InChI is InChI=1S/C20H16O6/c1-3-25-19(23)11-5-7-13-15(9-11)17(21)14-8-6-12(20(24)26-4-2)10-16(14)18(13)22/h5-10H,3-4H2,1-2H3. The van der Waals surface area contributed by atoms with E-state index in [4.69, 9.17) is 9.47 Å². The van der Waals surface area contributed by atoms with Crippen molar-refractivity contribution >= 4 is 23.5 Å². The molecule has 6 nitrogen and oxygen atoms in total. The van der Waals surface area contributed by atoms with E-state index in [1.807, 2.05) is 0 Å². The highest BCUT2D eigenvalue weighted by Gasteiger charge is 2.31. The number of ketones is 2. The Bertz CT molecular complexity index is 864. The number of fused-ring (bicyclic) bond motifs is 2. The zero-order valence-electron chi connectivity index (χ0n) is 14.3. The van der Waals surface area contributed by atoms with Crippen molar-refractivity contribution in [1.82, 2.24) is 0 Å². The molecular formula is C20H16O6. The maximum absolute atomic E-state index is 12.8. The van der Waals surface area contributed by atoms with E-state index in [0.717, 1.165) is 0 Å². The lowest BCUT2D eigenvalue weighted by Crippen LogP contribution is -2.22. The van der Waals surface area contributed by atoms with E-state index >= 15 is 0 Å². The molecule has 0 unspecified atom stereocenters. The maximum Gasteiger partial charge on any atom is 0.338 e. The minimum Gasteiger partial charge on any atom is -0.462 e. The number of hydrogen-bond donors (Lipinski definition) is 0. The predicted octanol–water partition coefficient (Wildman–Crippen LogP) is 2.82. The summed E-state index contributed by atoms with van der Waals surface area (Å²) < 4.78 is 9.86. The van der Waals surface area contributed by atoms with E-state index in [1.165, 1.54) is 36.4 Å². The molecule has 0 saturated carbocycles. The number of hydrogen-bond acceptors (Lipinski definition) is 6. The molecule has 6 heteroatoms. The van der Waals surface area contributed by atoms with E-state index in [1.54, 1.807) is 13.8 Å². The fraction of sp³-hybridized carbons (Fsp3) is 0.200. The summed E-state index contributed by atoms with van der Waals surface area (Å²) in [6.45, 7) is 3.79. The first-order valence-electron chi connectivity index (χ1n) is 8.19. The largest absolute Gasteiger partial charge is 0.462 e. The zero-order chi connectivity index (χ0) is 18.8. The molecule has 0 spiro atoms. The average Bonchev–Trinajstić information content (AvgIpc) is 2.65. The molecule has 26 heavy (non-hydrogen) atoms. The third kappa shape index (κ3) is 2.90. The molecule has 2 aromatic rings. The first kappa shape index (κ1) is 17.5. The Morgan fingerprint density at radius 2 is 1.08 bits per heavy atom. The van der Waals surface area contributed by atoms with E-state index in [9.17, 15) is 19.2 Å². The Kier molecular flexibility index (Phi) is 4.67. The Morgan fingerprint density at radius 3 is 1.42 bits per heavy atom. The molecule has 0 bridgehead atoms. The lowest BCUT2D eigenvalue weighted by molar-refractivity contribution is 0.0516. The van der Waals surface area contributed by atoms with Gasteiger partial charge in [0.1, 0.15) is 0 Å². The number of benzene rings is 2. The van der Waals surface area contributed by atoms with Crippen LogP contribution in [0.5, 0.6) is 0 Å². The number of carbonyl (C=O) groups is 4. The molecule has 0 N–H and O–H groups in total. The summed E-state index contributed by atoms with van der Waals surface area (Å²) in [5.41, 5.74) is 1.10. The van der Waals surface area contributed by atoms with Crippen LogP contribution in [0.4, 0.5) is 0 Å². The van der Waals surface area contributed by atoms with Crippen LogP contribution in [0, 0.1) is 0 Å². The van der Waals surface area contributed by atoms with Gasteiger partial charge in [-0.25, -0.2) is 9.59 Å². The molecule has 1 aliphatic rings. The van der Waals surface area contributed by atoms with Crippen molar-refractivity contribution in [2.45, 2.75) is 13.8 Å². The van der Waals surface area contributed by atoms with Crippen LogP contribution in [-0.4, -0.2) is 36.7 Å². The molecule has 0 saturated heterocycles. The van der Waals surface area contributed by atoms with Gasteiger partial charge in [-0.15, -0.1) is 0 Å². The molecule has 0 fully saturated rings. The van der Waals surface area contributed by atoms with Crippen LogP contribution >= 0.6 is 0 Å². The van der Waals surface area contributed by atoms with Crippen molar-refractivity contribution in [3.05, 3.63) is 69.8 Å². The van der Waals surface area contributed by atoms with Crippen LogP contribution in [0.25, 0.3) is 0 Å². The van der Waals surface area contributed by atoms with Gasteiger partial charge in [-0.1, -0.05) is 0 Å². The van der Waals surface area contributed by atoms with Crippen LogP contribution in [0.1, 0.15) is 66.4 Å². The minimum absolute atomic E-state index is 0.150. The first-order chi connectivity index (χ1) is 12.5. The Morgan fingerprint density at radius 1 is 0.692 bits per heavy atom. The second-order valence-corrected chi connectivity index (χ2v) is 5.62. The highest BCUT2D eigenvalue weighted by Crippen LogP contribution is 2.29. The normalized spacial score (nSPS) is 12.2. The van der Waals surface area contributed by atoms with Crippen LogP contribution in [0.15, 0.2) is 36.4 Å². The average molecular weight is 352 g/mol. The zero-order valence-corrected chi connectivity index (χ0v) is 14.3. The molecule has 132 valence electrons. The van der Waals surface area contributed by atoms with Crippen LogP contribution < -0.4 is 0 Å². The highest BCUT2D eigenvalue weighted by atomic mass is 16.5. The van der Waals surface area contributed by atoms with Gasteiger partial charge in [0.25, 0.3) is 0 Å². The molecular weight excluding hydrogens is 336 g/mol. The summed E-state index contributed by atoms with van der Waals surface area (Å²) in [7, 11) is 0. The van der Waals surface area contributed by atoms with Crippen LogP contribution in [0.2, 0.25) is 0 Å². The maximum atomic E-state index is 12.8. The van der Waals surface area contributed by atoms with Crippen molar-refractivity contribution in [3.63, 3.8) is 0 Å². The minimum atomic E-state index is -0.556. The second kappa shape index (κ2) is 6.92. The summed E-state index contributed by atoms with van der Waals surface area (Å²) in [6, 6.07) is 8.50. The monoisotopic (exact) mass is 352 g/mol. The van der Waals surface area contributed by atoms with Gasteiger partial charge in [-0.05, 0) is 50.2 Å². The van der Waals surface area contributed by atoms with Gasteiger partial charge in [-0.3, -0.25) is 9.59 Å². The molecule has 0 heterocycles. The van der Waals surface area contributed by atoms with E-state index in [-0.39, 0.29) is 58.2 Å². The van der Waals surface area contributed by atoms with E-state index in [0.29, 0.717) is 0 Å².